The number of hydrogen-bond donors (Lipinski definition) is 1. The lowest BCUT2D eigenvalue weighted by Crippen LogP contribution is -2.45. The van der Waals surface area contributed by atoms with Crippen LogP contribution in [0.5, 0.6) is 0 Å². The van der Waals surface area contributed by atoms with E-state index in [1.807, 2.05) is 12.1 Å². The molecule has 1 aromatic carbocycles. The first-order chi connectivity index (χ1) is 9.63. The number of rotatable bonds is 4. The van der Waals surface area contributed by atoms with E-state index in [0.29, 0.717) is 25.1 Å². The number of nitrogens with zero attached hydrogens (tertiary/aromatic N) is 1. The van der Waals surface area contributed by atoms with Gasteiger partial charge < -0.3 is 4.90 Å². The molecule has 2 rings (SSSR count). The van der Waals surface area contributed by atoms with Gasteiger partial charge in [0.05, 0.1) is 6.61 Å². The van der Waals surface area contributed by atoms with Crippen molar-refractivity contribution in [3.05, 3.63) is 34.3 Å². The second-order valence-electron chi connectivity index (χ2n) is 4.56. The molecule has 1 unspecified atom stereocenters. The third kappa shape index (κ3) is 3.37. The van der Waals surface area contributed by atoms with Gasteiger partial charge in [-0.3, -0.25) is 14.4 Å². The van der Waals surface area contributed by atoms with E-state index in [4.69, 9.17) is 4.84 Å². The molecule has 1 atom stereocenters. The fourth-order valence-electron chi connectivity index (χ4n) is 2.25. The smallest absolute Gasteiger partial charge is 0.266 e. The summed E-state index contributed by atoms with van der Waals surface area (Å²) in [6.45, 7) is 2.79. The van der Waals surface area contributed by atoms with Crippen LogP contribution in [0.3, 0.4) is 0 Å². The Hall–Kier alpha value is -1.40. The Bertz CT molecular complexity index is 490. The molecule has 0 spiro atoms. The highest BCUT2D eigenvalue weighted by Gasteiger charge is 2.34. The van der Waals surface area contributed by atoms with Gasteiger partial charge in [0.25, 0.3) is 11.8 Å². The number of amides is 2. The highest BCUT2D eigenvalue weighted by atomic mass is 79.9. The Labute approximate surface area is 126 Å². The Morgan fingerprint density at radius 2 is 2.10 bits per heavy atom. The monoisotopic (exact) mass is 340 g/mol. The molecule has 5 nitrogen and oxygen atoms in total. The van der Waals surface area contributed by atoms with Crippen molar-refractivity contribution in [3.63, 3.8) is 0 Å². The molecule has 0 bridgehead atoms. The van der Waals surface area contributed by atoms with Gasteiger partial charge in [-0.2, -0.15) is 0 Å². The first-order valence-corrected chi connectivity index (χ1v) is 7.41. The molecule has 20 heavy (non-hydrogen) atoms. The van der Waals surface area contributed by atoms with Crippen molar-refractivity contribution in [2.45, 2.75) is 25.8 Å². The summed E-state index contributed by atoms with van der Waals surface area (Å²) in [5.41, 5.74) is 2.97. The Morgan fingerprint density at radius 1 is 1.40 bits per heavy atom. The van der Waals surface area contributed by atoms with E-state index in [1.165, 1.54) is 0 Å². The topological polar surface area (TPSA) is 58.6 Å². The summed E-state index contributed by atoms with van der Waals surface area (Å²) >= 11 is 3.34. The second-order valence-corrected chi connectivity index (χ2v) is 5.48. The maximum atomic E-state index is 12.4. The van der Waals surface area contributed by atoms with Gasteiger partial charge in [0, 0.05) is 16.6 Å². The van der Waals surface area contributed by atoms with Crippen LogP contribution in [-0.2, 0) is 9.63 Å². The molecule has 2 amide bonds. The quantitative estimate of drug-likeness (QED) is 0.854. The summed E-state index contributed by atoms with van der Waals surface area (Å²) in [7, 11) is 0. The van der Waals surface area contributed by atoms with Crippen LogP contribution in [-0.4, -0.2) is 35.9 Å². The number of carbonyl (C=O) groups excluding carboxylic acids is 2. The summed E-state index contributed by atoms with van der Waals surface area (Å²) in [5, 5.41) is 0. The van der Waals surface area contributed by atoms with E-state index >= 15 is 0 Å². The standard InChI is InChI=1S/C14H17BrN2O3/c1-2-20-16-13(18)12-4-3-9-17(12)14(19)10-5-7-11(15)8-6-10/h5-8,12H,2-4,9H2,1H3,(H,16,18). The fraction of sp³-hybridized carbons (Fsp3) is 0.429. The maximum Gasteiger partial charge on any atom is 0.266 e. The SMILES string of the molecule is CCONC(=O)C1CCCN1C(=O)c1ccc(Br)cc1. The largest absolute Gasteiger partial charge is 0.327 e. The van der Waals surface area contributed by atoms with E-state index in [0.717, 1.165) is 10.9 Å². The van der Waals surface area contributed by atoms with Crippen LogP contribution in [0.15, 0.2) is 28.7 Å². The van der Waals surface area contributed by atoms with Gasteiger partial charge >= 0.3 is 0 Å². The molecule has 0 aliphatic carbocycles. The minimum Gasteiger partial charge on any atom is -0.327 e. The molecule has 0 aromatic heterocycles. The highest BCUT2D eigenvalue weighted by Crippen LogP contribution is 2.21. The molecular formula is C14H17BrN2O3. The Balaban J connectivity index is 2.08. The molecule has 1 aliphatic heterocycles. The van der Waals surface area contributed by atoms with Crippen LogP contribution in [0, 0.1) is 0 Å². The molecule has 108 valence electrons. The van der Waals surface area contributed by atoms with E-state index in [2.05, 4.69) is 21.4 Å². The third-order valence-electron chi connectivity index (χ3n) is 3.22. The van der Waals surface area contributed by atoms with Crippen molar-refractivity contribution in [2.24, 2.45) is 0 Å². The second kappa shape index (κ2) is 6.85. The van der Waals surface area contributed by atoms with Crippen molar-refractivity contribution in [3.8, 4) is 0 Å². The van der Waals surface area contributed by atoms with E-state index in [9.17, 15) is 9.59 Å². The summed E-state index contributed by atoms with van der Waals surface area (Å²) in [5.74, 6) is -0.374. The number of carbonyl (C=O) groups is 2. The molecule has 1 aromatic rings. The van der Waals surface area contributed by atoms with Gasteiger partial charge in [-0.05, 0) is 44.0 Å². The van der Waals surface area contributed by atoms with Gasteiger partial charge in [0.15, 0.2) is 0 Å². The fourth-order valence-corrected chi connectivity index (χ4v) is 2.52. The van der Waals surface area contributed by atoms with Gasteiger partial charge in [-0.1, -0.05) is 15.9 Å². The van der Waals surface area contributed by atoms with Gasteiger partial charge in [-0.25, -0.2) is 5.48 Å². The molecule has 1 saturated heterocycles. The van der Waals surface area contributed by atoms with Crippen molar-refractivity contribution >= 4 is 27.7 Å². The molecular weight excluding hydrogens is 324 g/mol. The zero-order valence-corrected chi connectivity index (χ0v) is 12.9. The molecule has 1 heterocycles. The molecule has 0 radical (unpaired) electrons. The van der Waals surface area contributed by atoms with Crippen molar-refractivity contribution in [1.82, 2.24) is 10.4 Å². The van der Waals surface area contributed by atoms with Crippen LogP contribution in [0.2, 0.25) is 0 Å². The van der Waals surface area contributed by atoms with Crippen LogP contribution < -0.4 is 5.48 Å². The molecule has 1 N–H and O–H groups in total. The summed E-state index contributed by atoms with van der Waals surface area (Å²) in [6, 6.07) is 6.69. The summed E-state index contributed by atoms with van der Waals surface area (Å²) in [6.07, 6.45) is 1.49. The highest BCUT2D eigenvalue weighted by molar-refractivity contribution is 9.10. The zero-order valence-electron chi connectivity index (χ0n) is 11.3. The minimum absolute atomic E-state index is 0.119. The number of likely N-dealkylation sites (tertiary alicyclic amines) is 1. The number of halogens is 1. The molecule has 0 saturated carbocycles. The average molecular weight is 341 g/mol. The molecule has 1 aliphatic rings. The number of hydrogen-bond acceptors (Lipinski definition) is 3. The number of hydroxylamine groups is 1. The maximum absolute atomic E-state index is 12.4. The van der Waals surface area contributed by atoms with Gasteiger partial charge in [0.1, 0.15) is 6.04 Å². The van der Waals surface area contributed by atoms with Crippen LogP contribution in [0.4, 0.5) is 0 Å². The Kier molecular flexibility index (Phi) is 5.14. The molecule has 6 heteroatoms. The minimum atomic E-state index is -0.447. The van der Waals surface area contributed by atoms with Gasteiger partial charge in [-0.15, -0.1) is 0 Å². The number of benzene rings is 1. The van der Waals surface area contributed by atoms with Crippen molar-refractivity contribution in [2.75, 3.05) is 13.2 Å². The van der Waals surface area contributed by atoms with E-state index in [-0.39, 0.29) is 11.8 Å². The van der Waals surface area contributed by atoms with Crippen LogP contribution in [0.1, 0.15) is 30.1 Å². The van der Waals surface area contributed by atoms with Crippen LogP contribution in [0.25, 0.3) is 0 Å². The van der Waals surface area contributed by atoms with Crippen molar-refractivity contribution < 1.29 is 14.4 Å². The number of nitrogens with one attached hydrogen (secondary N) is 1. The van der Waals surface area contributed by atoms with E-state index < -0.39 is 6.04 Å². The normalized spacial score (nSPS) is 18.1. The first kappa shape index (κ1) is 15.0. The first-order valence-electron chi connectivity index (χ1n) is 6.61. The third-order valence-corrected chi connectivity index (χ3v) is 3.75. The molecule has 1 fully saturated rings. The van der Waals surface area contributed by atoms with Gasteiger partial charge in [0.2, 0.25) is 0 Å². The predicted octanol–water partition coefficient (Wildman–Crippen LogP) is 2.12. The lowest BCUT2D eigenvalue weighted by molar-refractivity contribution is -0.137. The van der Waals surface area contributed by atoms with Crippen LogP contribution >= 0.6 is 15.9 Å². The predicted molar refractivity (Wildman–Crippen MR) is 78.0 cm³/mol. The summed E-state index contributed by atoms with van der Waals surface area (Å²) < 4.78 is 0.918. The average Bonchev–Trinajstić information content (AvgIpc) is 2.94. The van der Waals surface area contributed by atoms with E-state index in [1.54, 1.807) is 24.0 Å². The zero-order chi connectivity index (χ0) is 14.5. The van der Waals surface area contributed by atoms with Crippen molar-refractivity contribution in [1.29, 1.82) is 0 Å². The summed E-state index contributed by atoms with van der Waals surface area (Å²) in [4.78, 5) is 30.9. The lowest BCUT2D eigenvalue weighted by Gasteiger charge is -2.23. The lowest BCUT2D eigenvalue weighted by atomic mass is 10.1. The Morgan fingerprint density at radius 3 is 2.75 bits per heavy atom.